The van der Waals surface area contributed by atoms with Crippen LogP contribution in [0.5, 0.6) is 0 Å². The third kappa shape index (κ3) is 5.96. The molecular formula is C18H33NO4. The van der Waals surface area contributed by atoms with E-state index in [1.165, 1.54) is 38.5 Å². The second-order valence-corrected chi connectivity index (χ2v) is 8.01. The molecule has 0 aromatic heterocycles. The van der Waals surface area contributed by atoms with Crippen LogP contribution in [0.4, 0.5) is 4.79 Å². The summed E-state index contributed by atoms with van der Waals surface area (Å²) in [5.74, 6) is 0.817. The normalized spacial score (nSPS) is 27.0. The number of carbonyl (C=O) groups excluding carboxylic acids is 1. The number of hydrogen-bond acceptors (Lipinski definition) is 4. The minimum Gasteiger partial charge on any atom is -0.444 e. The Bertz CT molecular complexity index is 374. The average Bonchev–Trinajstić information content (AvgIpc) is 2.52. The van der Waals surface area contributed by atoms with E-state index in [0.717, 1.165) is 12.3 Å². The van der Waals surface area contributed by atoms with Gasteiger partial charge in [0.05, 0.1) is 31.9 Å². The molecule has 1 heterocycles. The van der Waals surface area contributed by atoms with Crippen molar-refractivity contribution in [1.29, 1.82) is 0 Å². The Labute approximate surface area is 140 Å². The molecule has 0 aromatic carbocycles. The maximum Gasteiger partial charge on any atom is 0.410 e. The molecule has 0 radical (unpaired) electrons. The molecule has 2 rings (SSSR count). The minimum absolute atomic E-state index is 0.0623. The summed E-state index contributed by atoms with van der Waals surface area (Å²) >= 11 is 0. The molecule has 5 heteroatoms. The summed E-state index contributed by atoms with van der Waals surface area (Å²) in [6.45, 7) is 6.41. The summed E-state index contributed by atoms with van der Waals surface area (Å²) in [6.07, 6.45) is 8.64. The van der Waals surface area contributed by atoms with Gasteiger partial charge in [0, 0.05) is 0 Å². The highest BCUT2D eigenvalue weighted by molar-refractivity contribution is 5.68. The van der Waals surface area contributed by atoms with Crippen molar-refractivity contribution in [1.82, 2.24) is 4.90 Å². The lowest BCUT2D eigenvalue weighted by molar-refractivity contribution is -0.0838. The number of ether oxygens (including phenoxy) is 2. The van der Waals surface area contributed by atoms with Gasteiger partial charge in [-0.1, -0.05) is 32.1 Å². The molecule has 2 aliphatic rings. The van der Waals surface area contributed by atoms with Gasteiger partial charge in [0.15, 0.2) is 0 Å². The Hall–Kier alpha value is -0.810. The second-order valence-electron chi connectivity index (χ2n) is 8.01. The van der Waals surface area contributed by atoms with Gasteiger partial charge in [0.25, 0.3) is 0 Å². The maximum atomic E-state index is 12.4. The molecule has 2 unspecified atom stereocenters. The molecule has 2 atom stereocenters. The Morgan fingerprint density at radius 1 is 1.22 bits per heavy atom. The second kappa shape index (κ2) is 8.34. The fourth-order valence-corrected chi connectivity index (χ4v) is 3.53. The van der Waals surface area contributed by atoms with E-state index in [1.54, 1.807) is 4.90 Å². The van der Waals surface area contributed by atoms with Crippen LogP contribution in [0, 0.1) is 5.92 Å². The molecule has 0 spiro atoms. The van der Waals surface area contributed by atoms with Gasteiger partial charge in [-0.15, -0.1) is 0 Å². The van der Waals surface area contributed by atoms with Crippen LogP contribution in [0.25, 0.3) is 0 Å². The van der Waals surface area contributed by atoms with Crippen molar-refractivity contribution in [2.75, 3.05) is 19.8 Å². The third-order valence-corrected chi connectivity index (χ3v) is 4.83. The number of amides is 1. The quantitative estimate of drug-likeness (QED) is 0.860. The highest BCUT2D eigenvalue weighted by Gasteiger charge is 2.34. The lowest BCUT2D eigenvalue weighted by atomic mass is 9.85. The Morgan fingerprint density at radius 2 is 1.91 bits per heavy atom. The number of carbonyl (C=O) groups is 1. The monoisotopic (exact) mass is 327 g/mol. The van der Waals surface area contributed by atoms with Crippen LogP contribution in [-0.4, -0.2) is 53.6 Å². The summed E-state index contributed by atoms with van der Waals surface area (Å²) in [4.78, 5) is 14.0. The molecule has 0 bridgehead atoms. The number of aliphatic hydroxyl groups excluding tert-OH is 1. The van der Waals surface area contributed by atoms with E-state index < -0.39 is 5.60 Å². The SMILES string of the molecule is CC(C)(C)OC(=O)N1CC(CCC2CCCCC2)OCC1CO. The lowest BCUT2D eigenvalue weighted by Gasteiger charge is -2.39. The zero-order valence-electron chi connectivity index (χ0n) is 14.9. The van der Waals surface area contributed by atoms with Crippen LogP contribution >= 0.6 is 0 Å². The molecule has 1 aliphatic carbocycles. The van der Waals surface area contributed by atoms with Crippen molar-refractivity contribution < 1.29 is 19.4 Å². The van der Waals surface area contributed by atoms with Crippen LogP contribution in [0.3, 0.4) is 0 Å². The van der Waals surface area contributed by atoms with E-state index in [0.29, 0.717) is 13.2 Å². The van der Waals surface area contributed by atoms with Crippen molar-refractivity contribution in [3.8, 4) is 0 Å². The Balaban J connectivity index is 1.85. The molecule has 134 valence electrons. The van der Waals surface area contributed by atoms with Crippen molar-refractivity contribution in [3.63, 3.8) is 0 Å². The standard InChI is InChI=1S/C18H33NO4/c1-18(2,3)23-17(21)19-11-16(22-13-15(19)12-20)10-9-14-7-5-4-6-8-14/h14-16,20H,4-13H2,1-3H3. The summed E-state index contributed by atoms with van der Waals surface area (Å²) < 4.78 is 11.3. The molecule has 1 saturated heterocycles. The molecule has 1 saturated carbocycles. The lowest BCUT2D eigenvalue weighted by Crippen LogP contribution is -2.55. The number of morpholine rings is 1. The summed E-state index contributed by atoms with van der Waals surface area (Å²) in [5, 5.41) is 9.50. The van der Waals surface area contributed by atoms with E-state index in [2.05, 4.69) is 0 Å². The molecule has 23 heavy (non-hydrogen) atoms. The highest BCUT2D eigenvalue weighted by Crippen LogP contribution is 2.29. The van der Waals surface area contributed by atoms with Crippen LogP contribution in [0.2, 0.25) is 0 Å². The van der Waals surface area contributed by atoms with E-state index in [1.807, 2.05) is 20.8 Å². The molecule has 2 fully saturated rings. The number of nitrogens with zero attached hydrogens (tertiary/aromatic N) is 1. The zero-order valence-corrected chi connectivity index (χ0v) is 14.9. The van der Waals surface area contributed by atoms with Crippen LogP contribution < -0.4 is 0 Å². The smallest absolute Gasteiger partial charge is 0.410 e. The number of aliphatic hydroxyl groups is 1. The fraction of sp³-hybridized carbons (Fsp3) is 0.944. The van der Waals surface area contributed by atoms with Crippen molar-refractivity contribution in [3.05, 3.63) is 0 Å². The molecule has 0 aromatic rings. The predicted molar refractivity (Wildman–Crippen MR) is 89.4 cm³/mol. The number of rotatable bonds is 4. The van der Waals surface area contributed by atoms with Gasteiger partial charge in [-0.25, -0.2) is 4.79 Å². The van der Waals surface area contributed by atoms with Crippen LogP contribution in [0.15, 0.2) is 0 Å². The van der Waals surface area contributed by atoms with E-state index in [9.17, 15) is 9.90 Å². The van der Waals surface area contributed by atoms with E-state index in [-0.39, 0.29) is 24.8 Å². The largest absolute Gasteiger partial charge is 0.444 e. The van der Waals surface area contributed by atoms with Crippen molar-refractivity contribution >= 4 is 6.09 Å². The number of hydrogen-bond donors (Lipinski definition) is 1. The zero-order chi connectivity index (χ0) is 16.9. The average molecular weight is 327 g/mol. The van der Waals surface area contributed by atoms with E-state index >= 15 is 0 Å². The van der Waals surface area contributed by atoms with Crippen LogP contribution in [0.1, 0.15) is 65.7 Å². The Morgan fingerprint density at radius 3 is 2.52 bits per heavy atom. The summed E-state index contributed by atoms with van der Waals surface area (Å²) in [7, 11) is 0. The third-order valence-electron chi connectivity index (χ3n) is 4.83. The minimum atomic E-state index is -0.521. The first-order chi connectivity index (χ1) is 10.9. The predicted octanol–water partition coefficient (Wildman–Crippen LogP) is 3.34. The van der Waals surface area contributed by atoms with Crippen LogP contribution in [-0.2, 0) is 9.47 Å². The van der Waals surface area contributed by atoms with Crippen molar-refractivity contribution in [2.45, 2.75) is 83.5 Å². The van der Waals surface area contributed by atoms with Crippen molar-refractivity contribution in [2.24, 2.45) is 5.92 Å². The first-order valence-electron chi connectivity index (χ1n) is 9.11. The fourth-order valence-electron chi connectivity index (χ4n) is 3.53. The van der Waals surface area contributed by atoms with Gasteiger partial charge in [-0.2, -0.15) is 0 Å². The van der Waals surface area contributed by atoms with E-state index in [4.69, 9.17) is 9.47 Å². The highest BCUT2D eigenvalue weighted by atomic mass is 16.6. The summed E-state index contributed by atoms with van der Waals surface area (Å²) in [5.41, 5.74) is -0.521. The molecule has 5 nitrogen and oxygen atoms in total. The first-order valence-corrected chi connectivity index (χ1v) is 9.11. The molecule has 1 N–H and O–H groups in total. The molecule has 1 amide bonds. The van der Waals surface area contributed by atoms with Gasteiger partial charge in [-0.05, 0) is 39.5 Å². The summed E-state index contributed by atoms with van der Waals surface area (Å²) in [6, 6.07) is -0.296. The molecule has 1 aliphatic heterocycles. The Kier molecular flexibility index (Phi) is 6.72. The van der Waals surface area contributed by atoms with Gasteiger partial charge < -0.3 is 14.6 Å². The van der Waals surface area contributed by atoms with Gasteiger partial charge in [0.1, 0.15) is 5.60 Å². The first kappa shape index (κ1) is 18.5. The van der Waals surface area contributed by atoms with Gasteiger partial charge in [0.2, 0.25) is 0 Å². The maximum absolute atomic E-state index is 12.4. The topological polar surface area (TPSA) is 59.0 Å². The van der Waals surface area contributed by atoms with Gasteiger partial charge >= 0.3 is 6.09 Å². The van der Waals surface area contributed by atoms with Gasteiger partial charge in [-0.3, -0.25) is 4.90 Å². The molecular weight excluding hydrogens is 294 g/mol.